The van der Waals surface area contributed by atoms with Crippen LogP contribution in [0.25, 0.3) is 0 Å². The Balaban J connectivity index is 1.69. The summed E-state index contributed by atoms with van der Waals surface area (Å²) in [6.45, 7) is 10.9. The molecule has 0 spiro atoms. The molecule has 21 heavy (non-hydrogen) atoms. The highest BCUT2D eigenvalue weighted by atomic mass is 16.5. The normalized spacial score (nSPS) is 29.5. The Morgan fingerprint density at radius 1 is 1.43 bits per heavy atom. The van der Waals surface area contributed by atoms with Gasteiger partial charge in [-0.3, -0.25) is 4.90 Å². The zero-order valence-corrected chi connectivity index (χ0v) is 12.9. The minimum Gasteiger partial charge on any atom is -0.373 e. The van der Waals surface area contributed by atoms with Gasteiger partial charge in [0.15, 0.2) is 0 Å². The van der Waals surface area contributed by atoms with E-state index in [0.29, 0.717) is 12.6 Å². The Bertz CT molecular complexity index is 480. The Morgan fingerprint density at radius 3 is 3.00 bits per heavy atom. The summed E-state index contributed by atoms with van der Waals surface area (Å²) < 4.78 is 17.1. The van der Waals surface area contributed by atoms with Crippen LogP contribution in [0.1, 0.15) is 29.9 Å². The first kappa shape index (κ1) is 14.8. The van der Waals surface area contributed by atoms with E-state index in [2.05, 4.69) is 16.6 Å². The molecule has 0 N–H and O–H groups in total. The molecule has 1 aliphatic carbocycles. The molecular formula is C16H24N2O3. The van der Waals surface area contributed by atoms with Crippen LogP contribution in [0.2, 0.25) is 0 Å². The predicted octanol–water partition coefficient (Wildman–Crippen LogP) is 2.23. The highest BCUT2D eigenvalue weighted by Crippen LogP contribution is 2.33. The van der Waals surface area contributed by atoms with Crippen LogP contribution in [0.3, 0.4) is 0 Å². The Morgan fingerprint density at radius 2 is 2.29 bits per heavy atom. The van der Waals surface area contributed by atoms with Crippen LogP contribution >= 0.6 is 0 Å². The summed E-state index contributed by atoms with van der Waals surface area (Å²) in [7, 11) is 0. The van der Waals surface area contributed by atoms with E-state index < -0.39 is 0 Å². The third-order valence-electron chi connectivity index (χ3n) is 4.62. The lowest BCUT2D eigenvalue weighted by Gasteiger charge is -2.39. The van der Waals surface area contributed by atoms with Crippen LogP contribution in [-0.2, 0) is 16.0 Å². The minimum absolute atomic E-state index is 0.180. The molecule has 5 nitrogen and oxygen atoms in total. The molecule has 2 aliphatic rings. The molecule has 116 valence electrons. The second-order valence-electron chi connectivity index (χ2n) is 5.91. The molecule has 0 aromatic carbocycles. The highest BCUT2D eigenvalue weighted by Gasteiger charge is 2.43. The molecule has 5 heteroatoms. The van der Waals surface area contributed by atoms with Gasteiger partial charge in [-0.05, 0) is 26.7 Å². The van der Waals surface area contributed by atoms with E-state index in [1.54, 1.807) is 6.08 Å². The first-order valence-corrected chi connectivity index (χ1v) is 7.70. The lowest BCUT2D eigenvalue weighted by Crippen LogP contribution is -2.51. The molecule has 1 aromatic rings. The number of aromatic nitrogens is 1. The van der Waals surface area contributed by atoms with Gasteiger partial charge in [0.25, 0.3) is 0 Å². The second-order valence-corrected chi connectivity index (χ2v) is 5.91. The molecule has 3 atom stereocenters. The standard InChI is InChI=1S/C16H24N2O3/c1-4-8-19-15-6-5-14-16(15)20-9-7-18(14)10-13-11(2)17-21-12(13)3/h4,14-16H,1,5-10H2,2-3H3/t14-,15+,16+/m1/s1. The van der Waals surface area contributed by atoms with Gasteiger partial charge in [-0.2, -0.15) is 0 Å². The van der Waals surface area contributed by atoms with Gasteiger partial charge in [-0.1, -0.05) is 11.2 Å². The average molecular weight is 292 g/mol. The Labute approximate surface area is 125 Å². The summed E-state index contributed by atoms with van der Waals surface area (Å²) in [5, 5.41) is 4.05. The second kappa shape index (κ2) is 6.30. The van der Waals surface area contributed by atoms with Crippen molar-refractivity contribution in [2.75, 3.05) is 19.8 Å². The van der Waals surface area contributed by atoms with E-state index in [0.717, 1.165) is 44.0 Å². The number of rotatable bonds is 5. The topological polar surface area (TPSA) is 47.7 Å². The number of ether oxygens (including phenoxy) is 2. The zero-order valence-electron chi connectivity index (χ0n) is 12.9. The van der Waals surface area contributed by atoms with E-state index in [-0.39, 0.29) is 12.2 Å². The predicted molar refractivity (Wildman–Crippen MR) is 79.1 cm³/mol. The number of hydrogen-bond acceptors (Lipinski definition) is 5. The molecule has 2 fully saturated rings. The van der Waals surface area contributed by atoms with Crippen molar-refractivity contribution in [1.82, 2.24) is 10.1 Å². The summed E-state index contributed by atoms with van der Waals surface area (Å²) in [5.41, 5.74) is 2.21. The smallest absolute Gasteiger partial charge is 0.138 e. The van der Waals surface area contributed by atoms with Crippen molar-refractivity contribution in [3.63, 3.8) is 0 Å². The summed E-state index contributed by atoms with van der Waals surface area (Å²) in [6.07, 6.45) is 4.36. The van der Waals surface area contributed by atoms with Crippen LogP contribution < -0.4 is 0 Å². The van der Waals surface area contributed by atoms with Crippen molar-refractivity contribution in [2.45, 2.75) is 51.5 Å². The number of nitrogens with zero attached hydrogens (tertiary/aromatic N) is 2. The number of morpholine rings is 1. The van der Waals surface area contributed by atoms with Gasteiger partial charge in [0, 0.05) is 24.7 Å². The maximum Gasteiger partial charge on any atom is 0.138 e. The van der Waals surface area contributed by atoms with Crippen molar-refractivity contribution < 1.29 is 14.0 Å². The van der Waals surface area contributed by atoms with Gasteiger partial charge in [0.2, 0.25) is 0 Å². The highest BCUT2D eigenvalue weighted by molar-refractivity contribution is 5.21. The van der Waals surface area contributed by atoms with Gasteiger partial charge in [0.05, 0.1) is 31.1 Å². The summed E-state index contributed by atoms with van der Waals surface area (Å²) >= 11 is 0. The van der Waals surface area contributed by atoms with Crippen molar-refractivity contribution in [1.29, 1.82) is 0 Å². The van der Waals surface area contributed by atoms with E-state index >= 15 is 0 Å². The fraction of sp³-hybridized carbons (Fsp3) is 0.688. The molecule has 0 amide bonds. The van der Waals surface area contributed by atoms with E-state index in [1.165, 1.54) is 5.56 Å². The first-order chi connectivity index (χ1) is 10.2. The Hall–Kier alpha value is -1.17. The number of fused-ring (bicyclic) bond motifs is 1. The molecular weight excluding hydrogens is 268 g/mol. The van der Waals surface area contributed by atoms with E-state index in [9.17, 15) is 0 Å². The van der Waals surface area contributed by atoms with Crippen molar-refractivity contribution in [2.24, 2.45) is 0 Å². The zero-order chi connectivity index (χ0) is 14.8. The van der Waals surface area contributed by atoms with Gasteiger partial charge in [-0.15, -0.1) is 6.58 Å². The fourth-order valence-electron chi connectivity index (χ4n) is 3.49. The third kappa shape index (κ3) is 2.91. The van der Waals surface area contributed by atoms with Crippen LogP contribution in [0, 0.1) is 13.8 Å². The quantitative estimate of drug-likeness (QED) is 0.779. The maximum atomic E-state index is 5.98. The van der Waals surface area contributed by atoms with Crippen LogP contribution in [0.15, 0.2) is 17.2 Å². The molecule has 2 heterocycles. The maximum absolute atomic E-state index is 5.98. The summed E-state index contributed by atoms with van der Waals surface area (Å²) in [5.74, 6) is 0.924. The van der Waals surface area contributed by atoms with Crippen LogP contribution in [0.4, 0.5) is 0 Å². The fourth-order valence-corrected chi connectivity index (χ4v) is 3.49. The molecule has 1 aromatic heterocycles. The largest absolute Gasteiger partial charge is 0.373 e. The molecule has 1 saturated heterocycles. The molecule has 0 bridgehead atoms. The van der Waals surface area contributed by atoms with E-state index in [4.69, 9.17) is 14.0 Å². The molecule has 0 unspecified atom stereocenters. The third-order valence-corrected chi connectivity index (χ3v) is 4.62. The van der Waals surface area contributed by atoms with E-state index in [1.807, 2.05) is 13.8 Å². The monoisotopic (exact) mass is 292 g/mol. The van der Waals surface area contributed by atoms with Gasteiger partial charge >= 0.3 is 0 Å². The number of hydrogen-bond donors (Lipinski definition) is 0. The van der Waals surface area contributed by atoms with Gasteiger partial charge in [0.1, 0.15) is 5.76 Å². The molecule has 1 saturated carbocycles. The van der Waals surface area contributed by atoms with Crippen molar-refractivity contribution in [3.8, 4) is 0 Å². The summed E-state index contributed by atoms with van der Waals surface area (Å²) in [6, 6.07) is 0.433. The van der Waals surface area contributed by atoms with Gasteiger partial charge < -0.3 is 14.0 Å². The van der Waals surface area contributed by atoms with Gasteiger partial charge in [-0.25, -0.2) is 0 Å². The number of aryl methyl sites for hydroxylation is 2. The van der Waals surface area contributed by atoms with Crippen LogP contribution in [0.5, 0.6) is 0 Å². The lowest BCUT2D eigenvalue weighted by molar-refractivity contribution is -0.111. The average Bonchev–Trinajstić information content (AvgIpc) is 3.04. The molecule has 3 rings (SSSR count). The SMILES string of the molecule is C=CCO[C@H]1CC[C@@H]2[C@@H]1OCCN2Cc1c(C)noc1C. The molecule has 0 radical (unpaired) electrons. The first-order valence-electron chi connectivity index (χ1n) is 7.70. The lowest BCUT2D eigenvalue weighted by atomic mass is 10.1. The van der Waals surface area contributed by atoms with Crippen molar-refractivity contribution in [3.05, 3.63) is 29.7 Å². The summed E-state index contributed by atoms with van der Waals surface area (Å²) in [4.78, 5) is 2.50. The minimum atomic E-state index is 0.180. The van der Waals surface area contributed by atoms with Crippen LogP contribution in [-0.4, -0.2) is 48.1 Å². The Kier molecular flexibility index (Phi) is 4.42. The molecule has 1 aliphatic heterocycles. The van der Waals surface area contributed by atoms with Crippen molar-refractivity contribution >= 4 is 0 Å².